The van der Waals surface area contributed by atoms with Crippen molar-refractivity contribution in [2.75, 3.05) is 6.61 Å². The number of amides is 1. The van der Waals surface area contributed by atoms with E-state index in [4.69, 9.17) is 4.74 Å². The van der Waals surface area contributed by atoms with E-state index in [1.54, 1.807) is 6.21 Å². The van der Waals surface area contributed by atoms with E-state index in [1.165, 1.54) is 0 Å². The first-order valence-electron chi connectivity index (χ1n) is 9.67. The van der Waals surface area contributed by atoms with E-state index in [0.717, 1.165) is 30.1 Å². The third-order valence-electron chi connectivity index (χ3n) is 4.46. The van der Waals surface area contributed by atoms with E-state index in [2.05, 4.69) is 58.3 Å². The van der Waals surface area contributed by atoms with Gasteiger partial charge >= 0.3 is 0 Å². The van der Waals surface area contributed by atoms with E-state index < -0.39 is 0 Å². The number of phenolic OH excluding ortho intramolecular Hbond substituents is 1. The highest BCUT2D eigenvalue weighted by atomic mass is 79.9. The fraction of sp³-hybridized carbons (Fsp3) is 0.391. The van der Waals surface area contributed by atoms with Crippen LogP contribution in [0.2, 0.25) is 0 Å². The summed E-state index contributed by atoms with van der Waals surface area (Å²) in [5.74, 6) is 0.453. The van der Waals surface area contributed by atoms with Crippen LogP contribution in [0.3, 0.4) is 0 Å². The molecule has 0 fully saturated rings. The molecule has 1 amide bonds. The van der Waals surface area contributed by atoms with Gasteiger partial charge in [-0.05, 0) is 72.5 Å². The van der Waals surface area contributed by atoms with Gasteiger partial charge in [0.25, 0.3) is 5.91 Å². The second-order valence-corrected chi connectivity index (χ2v) is 11.9. The average molecular weight is 619 g/mol. The lowest BCUT2D eigenvalue weighted by Crippen LogP contribution is -2.25. The Balaban J connectivity index is 2.14. The molecule has 0 saturated carbocycles. The van der Waals surface area contributed by atoms with Crippen molar-refractivity contribution in [3.8, 4) is 11.5 Å². The number of benzene rings is 2. The molecular formula is C23H27Br3N2O3. The van der Waals surface area contributed by atoms with Crippen LogP contribution in [0.5, 0.6) is 11.5 Å². The van der Waals surface area contributed by atoms with Crippen LogP contribution in [0.25, 0.3) is 0 Å². The number of hydrogen-bond donors (Lipinski definition) is 2. The number of halogens is 3. The molecule has 0 spiro atoms. The largest absolute Gasteiger partial charge is 0.507 e. The summed E-state index contributed by atoms with van der Waals surface area (Å²) in [6, 6.07) is 7.46. The summed E-state index contributed by atoms with van der Waals surface area (Å²) in [6.07, 6.45) is 1.58. The Morgan fingerprint density at radius 2 is 1.48 bits per heavy atom. The highest BCUT2D eigenvalue weighted by Gasteiger charge is 2.26. The minimum atomic E-state index is -0.385. The molecule has 31 heavy (non-hydrogen) atoms. The summed E-state index contributed by atoms with van der Waals surface area (Å²) >= 11 is 10.2. The van der Waals surface area contributed by atoms with Crippen LogP contribution in [0.1, 0.15) is 58.2 Å². The molecule has 0 saturated heterocycles. The number of aromatic hydroxyl groups is 1. The number of carbonyl (C=O) groups is 1. The number of ether oxygens (including phenoxy) is 1. The van der Waals surface area contributed by atoms with Gasteiger partial charge in [-0.25, -0.2) is 5.43 Å². The molecule has 0 atom stereocenters. The van der Waals surface area contributed by atoms with Crippen molar-refractivity contribution < 1.29 is 14.6 Å². The summed E-state index contributed by atoms with van der Waals surface area (Å²) in [6.45, 7) is 12.1. The lowest BCUT2D eigenvalue weighted by atomic mass is 9.78. The van der Waals surface area contributed by atoms with Gasteiger partial charge in [-0.1, -0.05) is 57.5 Å². The first kappa shape index (κ1) is 25.9. The fourth-order valence-corrected chi connectivity index (χ4v) is 5.38. The van der Waals surface area contributed by atoms with Crippen molar-refractivity contribution in [3.05, 3.63) is 54.4 Å². The number of carbonyl (C=O) groups excluding carboxylic acids is 1. The minimum absolute atomic E-state index is 0.188. The molecule has 0 aromatic heterocycles. The van der Waals surface area contributed by atoms with Crippen molar-refractivity contribution in [1.82, 2.24) is 5.43 Å². The quantitative estimate of drug-likeness (QED) is 0.286. The van der Waals surface area contributed by atoms with Gasteiger partial charge in [0.1, 0.15) is 11.5 Å². The fourth-order valence-electron chi connectivity index (χ4n) is 2.89. The van der Waals surface area contributed by atoms with Gasteiger partial charge in [0.15, 0.2) is 6.61 Å². The molecule has 0 unspecified atom stereocenters. The zero-order valence-electron chi connectivity index (χ0n) is 18.4. The molecule has 0 aliphatic rings. The topological polar surface area (TPSA) is 70.9 Å². The Morgan fingerprint density at radius 3 is 1.94 bits per heavy atom. The first-order valence-corrected chi connectivity index (χ1v) is 12.0. The molecule has 2 N–H and O–H groups in total. The van der Waals surface area contributed by atoms with Gasteiger partial charge < -0.3 is 9.84 Å². The number of rotatable bonds is 5. The highest BCUT2D eigenvalue weighted by molar-refractivity contribution is 9.11. The molecule has 0 aliphatic heterocycles. The molecule has 168 valence electrons. The smallest absolute Gasteiger partial charge is 0.277 e. The Kier molecular flexibility index (Phi) is 8.39. The zero-order valence-corrected chi connectivity index (χ0v) is 23.2. The molecule has 0 bridgehead atoms. The molecule has 2 aromatic carbocycles. The molecule has 0 heterocycles. The highest BCUT2D eigenvalue weighted by Crippen LogP contribution is 2.39. The third-order valence-corrected chi connectivity index (χ3v) is 6.10. The molecule has 8 heteroatoms. The summed E-state index contributed by atoms with van der Waals surface area (Å²) < 4.78 is 7.92. The second kappa shape index (κ2) is 10.0. The predicted octanol–water partition coefficient (Wildman–Crippen LogP) is 6.80. The Bertz CT molecular complexity index is 948. The second-order valence-electron chi connectivity index (χ2n) is 9.25. The summed E-state index contributed by atoms with van der Waals surface area (Å²) in [5, 5.41) is 14.9. The molecule has 5 nitrogen and oxygen atoms in total. The van der Waals surface area contributed by atoms with E-state index in [-0.39, 0.29) is 23.3 Å². The molecule has 0 aliphatic carbocycles. The maximum Gasteiger partial charge on any atom is 0.277 e. The molecular weight excluding hydrogens is 592 g/mol. The van der Waals surface area contributed by atoms with Crippen LogP contribution in [-0.2, 0) is 15.6 Å². The number of hydrazone groups is 1. The normalized spacial score (nSPS) is 12.3. The maximum atomic E-state index is 12.2. The van der Waals surface area contributed by atoms with E-state index >= 15 is 0 Å². The molecule has 2 rings (SSSR count). The van der Waals surface area contributed by atoms with Gasteiger partial charge in [0.2, 0.25) is 0 Å². The van der Waals surface area contributed by atoms with Crippen LogP contribution in [0, 0.1) is 0 Å². The van der Waals surface area contributed by atoms with Crippen LogP contribution < -0.4 is 10.2 Å². The Hall–Kier alpha value is -1.38. The third kappa shape index (κ3) is 7.05. The average Bonchev–Trinajstić information content (AvgIpc) is 2.60. The van der Waals surface area contributed by atoms with E-state index in [1.807, 2.05) is 65.8 Å². The monoisotopic (exact) mass is 616 g/mol. The lowest BCUT2D eigenvalue weighted by Gasteiger charge is -2.27. The molecule has 0 radical (unpaired) electrons. The Labute approximate surface area is 209 Å². The summed E-state index contributed by atoms with van der Waals surface area (Å²) in [4.78, 5) is 12.2. The van der Waals surface area contributed by atoms with Crippen LogP contribution in [-0.4, -0.2) is 23.8 Å². The van der Waals surface area contributed by atoms with Crippen LogP contribution >= 0.6 is 47.8 Å². The minimum Gasteiger partial charge on any atom is -0.507 e. The predicted molar refractivity (Wildman–Crippen MR) is 136 cm³/mol. The standard InChI is InChI=1S/C23H27Br3N2O3/c1-22(2,3)15-7-13(8-16(20(15)30)23(4,5)6)11-27-28-19(29)12-31-21-17(25)9-14(24)10-18(21)26/h7-11,30H,12H2,1-6H3,(H,28,29). The van der Waals surface area contributed by atoms with Crippen molar-refractivity contribution in [2.24, 2.45) is 5.10 Å². The zero-order chi connectivity index (χ0) is 23.6. The van der Waals surface area contributed by atoms with Gasteiger partial charge in [0, 0.05) is 15.6 Å². The van der Waals surface area contributed by atoms with Crippen molar-refractivity contribution in [3.63, 3.8) is 0 Å². The number of hydrogen-bond acceptors (Lipinski definition) is 4. The number of nitrogens with one attached hydrogen (secondary N) is 1. The van der Waals surface area contributed by atoms with Gasteiger partial charge in [-0.15, -0.1) is 0 Å². The van der Waals surface area contributed by atoms with E-state index in [9.17, 15) is 9.90 Å². The summed E-state index contributed by atoms with van der Waals surface area (Å²) in [5.41, 5.74) is 4.47. The van der Waals surface area contributed by atoms with Gasteiger partial charge in [0.05, 0.1) is 15.2 Å². The Morgan fingerprint density at radius 1 is 1.00 bits per heavy atom. The molecule has 2 aromatic rings. The maximum absolute atomic E-state index is 12.2. The van der Waals surface area contributed by atoms with Crippen molar-refractivity contribution >= 4 is 59.9 Å². The lowest BCUT2D eigenvalue weighted by molar-refractivity contribution is -0.123. The van der Waals surface area contributed by atoms with Crippen molar-refractivity contribution in [1.29, 1.82) is 0 Å². The summed E-state index contributed by atoms with van der Waals surface area (Å²) in [7, 11) is 0. The first-order chi connectivity index (χ1) is 14.2. The van der Waals surface area contributed by atoms with E-state index in [0.29, 0.717) is 11.5 Å². The van der Waals surface area contributed by atoms with Crippen LogP contribution in [0.15, 0.2) is 42.8 Å². The SMILES string of the molecule is CC(C)(C)c1cc(C=NNC(=O)COc2c(Br)cc(Br)cc2Br)cc(C(C)(C)C)c1O. The number of nitrogens with zero attached hydrogens (tertiary/aromatic N) is 1. The van der Waals surface area contributed by atoms with Gasteiger partial charge in [-0.3, -0.25) is 4.79 Å². The van der Waals surface area contributed by atoms with Crippen LogP contribution in [0.4, 0.5) is 0 Å². The van der Waals surface area contributed by atoms with Gasteiger partial charge in [-0.2, -0.15) is 5.10 Å². The number of phenols is 1. The van der Waals surface area contributed by atoms with Crippen molar-refractivity contribution in [2.45, 2.75) is 52.4 Å².